The molecule has 1 atom stereocenters. The summed E-state index contributed by atoms with van der Waals surface area (Å²) in [4.78, 5) is 5.97. The lowest BCUT2D eigenvalue weighted by molar-refractivity contribution is 0.449. The van der Waals surface area contributed by atoms with Crippen LogP contribution in [-0.4, -0.2) is 31.2 Å². The van der Waals surface area contributed by atoms with Crippen molar-refractivity contribution in [2.24, 2.45) is 0 Å². The Morgan fingerprint density at radius 1 is 1.62 bits per heavy atom. The van der Waals surface area contributed by atoms with Crippen LogP contribution in [0.4, 0.5) is 10.1 Å². The van der Waals surface area contributed by atoms with Crippen LogP contribution in [-0.2, 0) is 0 Å². The van der Waals surface area contributed by atoms with Crippen molar-refractivity contribution in [3.8, 4) is 0 Å². The van der Waals surface area contributed by atoms with Gasteiger partial charge < -0.3 is 10.2 Å². The van der Waals surface area contributed by atoms with E-state index in [9.17, 15) is 4.39 Å². The molecule has 88 valence electrons. The Balaban J connectivity index is 2.13. The number of rotatable bonds is 2. The standard InChI is InChI=1S/C11H15ClFN3/c1-14-8-3-2-4-16(7-8)9-5-10(13)11(12)15-6-9/h5-6,8,14H,2-4,7H2,1H3/t8-/m1/s1. The third-order valence-electron chi connectivity index (χ3n) is 2.98. The van der Waals surface area contributed by atoms with Gasteiger partial charge in [0.1, 0.15) is 0 Å². The molecular weight excluding hydrogens is 229 g/mol. The van der Waals surface area contributed by atoms with Crippen molar-refractivity contribution in [3.63, 3.8) is 0 Å². The Labute approximate surface area is 99.6 Å². The molecule has 1 aromatic heterocycles. The van der Waals surface area contributed by atoms with Gasteiger partial charge >= 0.3 is 0 Å². The maximum absolute atomic E-state index is 13.3. The highest BCUT2D eigenvalue weighted by Gasteiger charge is 2.19. The first-order valence-electron chi connectivity index (χ1n) is 5.44. The highest BCUT2D eigenvalue weighted by Crippen LogP contribution is 2.22. The summed E-state index contributed by atoms with van der Waals surface area (Å²) in [5, 5.41) is 3.18. The number of piperidine rings is 1. The van der Waals surface area contributed by atoms with Gasteiger partial charge in [0.05, 0.1) is 11.9 Å². The average molecular weight is 244 g/mol. The van der Waals surface area contributed by atoms with Crippen LogP contribution in [0.2, 0.25) is 5.15 Å². The second-order valence-corrected chi connectivity index (χ2v) is 4.40. The van der Waals surface area contributed by atoms with Gasteiger partial charge in [-0.25, -0.2) is 9.37 Å². The van der Waals surface area contributed by atoms with Crippen molar-refractivity contribution in [2.75, 3.05) is 25.0 Å². The molecule has 3 nitrogen and oxygen atoms in total. The predicted octanol–water partition coefficient (Wildman–Crippen LogP) is 2.06. The van der Waals surface area contributed by atoms with E-state index in [0.717, 1.165) is 31.6 Å². The van der Waals surface area contributed by atoms with Gasteiger partial charge in [-0.15, -0.1) is 0 Å². The van der Waals surface area contributed by atoms with Crippen molar-refractivity contribution in [1.29, 1.82) is 0 Å². The smallest absolute Gasteiger partial charge is 0.164 e. The van der Waals surface area contributed by atoms with Crippen molar-refractivity contribution in [2.45, 2.75) is 18.9 Å². The van der Waals surface area contributed by atoms with E-state index >= 15 is 0 Å². The van der Waals surface area contributed by atoms with E-state index in [4.69, 9.17) is 11.6 Å². The van der Waals surface area contributed by atoms with Gasteiger partial charge in [-0.3, -0.25) is 0 Å². The minimum atomic E-state index is -0.453. The molecule has 0 amide bonds. The van der Waals surface area contributed by atoms with E-state index in [1.807, 2.05) is 7.05 Å². The van der Waals surface area contributed by atoms with Crippen LogP contribution in [0.15, 0.2) is 12.3 Å². The maximum atomic E-state index is 13.3. The highest BCUT2D eigenvalue weighted by atomic mass is 35.5. The molecular formula is C11H15ClFN3. The summed E-state index contributed by atoms with van der Waals surface area (Å²) in [7, 11) is 1.95. The van der Waals surface area contributed by atoms with Crippen molar-refractivity contribution in [1.82, 2.24) is 10.3 Å². The molecule has 1 fully saturated rings. The Kier molecular flexibility index (Phi) is 3.61. The number of nitrogens with one attached hydrogen (secondary N) is 1. The van der Waals surface area contributed by atoms with Gasteiger partial charge in [-0.2, -0.15) is 0 Å². The SMILES string of the molecule is CN[C@@H]1CCCN(c2cnc(Cl)c(F)c2)C1. The normalized spacial score (nSPS) is 21.2. The fourth-order valence-corrected chi connectivity index (χ4v) is 2.13. The molecule has 1 aliphatic heterocycles. The monoisotopic (exact) mass is 243 g/mol. The Morgan fingerprint density at radius 2 is 2.44 bits per heavy atom. The number of halogens is 2. The van der Waals surface area contributed by atoms with Crippen LogP contribution < -0.4 is 10.2 Å². The Bertz CT molecular complexity index is 372. The summed E-state index contributed by atoms with van der Waals surface area (Å²) in [6.45, 7) is 1.83. The summed E-state index contributed by atoms with van der Waals surface area (Å²) in [5.74, 6) is -0.453. The third-order valence-corrected chi connectivity index (χ3v) is 3.25. The molecule has 1 aromatic rings. The summed E-state index contributed by atoms with van der Waals surface area (Å²) in [6, 6.07) is 1.92. The van der Waals surface area contributed by atoms with Crippen LogP contribution >= 0.6 is 11.6 Å². The molecule has 0 radical (unpaired) electrons. The van der Waals surface area contributed by atoms with Crippen molar-refractivity contribution >= 4 is 17.3 Å². The van der Waals surface area contributed by atoms with E-state index in [1.165, 1.54) is 6.07 Å². The van der Waals surface area contributed by atoms with Gasteiger partial charge in [-0.05, 0) is 19.9 Å². The zero-order chi connectivity index (χ0) is 11.5. The fraction of sp³-hybridized carbons (Fsp3) is 0.545. The summed E-state index contributed by atoms with van der Waals surface area (Å²) < 4.78 is 13.3. The molecule has 1 aliphatic rings. The lowest BCUT2D eigenvalue weighted by atomic mass is 10.1. The molecule has 0 spiro atoms. The van der Waals surface area contributed by atoms with E-state index in [0.29, 0.717) is 6.04 Å². The minimum absolute atomic E-state index is 0.0640. The molecule has 1 N–H and O–H groups in total. The molecule has 5 heteroatoms. The predicted molar refractivity (Wildman–Crippen MR) is 63.5 cm³/mol. The number of aromatic nitrogens is 1. The van der Waals surface area contributed by atoms with Crippen molar-refractivity contribution < 1.29 is 4.39 Å². The van der Waals surface area contributed by atoms with Crippen LogP contribution in [0.1, 0.15) is 12.8 Å². The zero-order valence-electron chi connectivity index (χ0n) is 9.21. The molecule has 0 saturated carbocycles. The fourth-order valence-electron chi connectivity index (χ4n) is 2.03. The van der Waals surface area contributed by atoms with Crippen LogP contribution in [0.5, 0.6) is 0 Å². The van der Waals surface area contributed by atoms with Gasteiger partial charge in [0.15, 0.2) is 11.0 Å². The second-order valence-electron chi connectivity index (χ2n) is 4.04. The topological polar surface area (TPSA) is 28.2 Å². The molecule has 16 heavy (non-hydrogen) atoms. The van der Waals surface area contributed by atoms with Gasteiger partial charge in [0.2, 0.25) is 0 Å². The molecule has 1 saturated heterocycles. The van der Waals surface area contributed by atoms with Crippen LogP contribution in [0, 0.1) is 5.82 Å². The summed E-state index contributed by atoms with van der Waals surface area (Å²) in [6.07, 6.45) is 3.90. The number of hydrogen-bond acceptors (Lipinski definition) is 3. The summed E-state index contributed by atoms with van der Waals surface area (Å²) in [5.41, 5.74) is 0.807. The summed E-state index contributed by atoms with van der Waals surface area (Å²) >= 11 is 5.56. The first-order chi connectivity index (χ1) is 7.70. The van der Waals surface area contributed by atoms with Gasteiger partial charge in [0, 0.05) is 25.2 Å². The number of likely N-dealkylation sites (N-methyl/N-ethyl adjacent to an activating group) is 1. The number of anilines is 1. The largest absolute Gasteiger partial charge is 0.369 e. The molecule has 0 bridgehead atoms. The highest BCUT2D eigenvalue weighted by molar-refractivity contribution is 6.29. The molecule has 0 aliphatic carbocycles. The number of hydrogen-bond donors (Lipinski definition) is 1. The molecule has 0 unspecified atom stereocenters. The van der Waals surface area contributed by atoms with Crippen LogP contribution in [0.3, 0.4) is 0 Å². The Morgan fingerprint density at radius 3 is 3.12 bits per heavy atom. The van der Waals surface area contributed by atoms with E-state index in [-0.39, 0.29) is 5.15 Å². The number of nitrogens with zero attached hydrogens (tertiary/aromatic N) is 2. The van der Waals surface area contributed by atoms with E-state index in [2.05, 4.69) is 15.2 Å². The van der Waals surface area contributed by atoms with Crippen molar-refractivity contribution in [3.05, 3.63) is 23.2 Å². The second kappa shape index (κ2) is 4.97. The van der Waals surface area contributed by atoms with Crippen LogP contribution in [0.25, 0.3) is 0 Å². The lowest BCUT2D eigenvalue weighted by Gasteiger charge is -2.34. The lowest BCUT2D eigenvalue weighted by Crippen LogP contribution is -2.44. The number of pyridine rings is 1. The molecule has 0 aromatic carbocycles. The zero-order valence-corrected chi connectivity index (χ0v) is 9.97. The maximum Gasteiger partial charge on any atom is 0.164 e. The molecule has 2 heterocycles. The first kappa shape index (κ1) is 11.6. The van der Waals surface area contributed by atoms with E-state index in [1.54, 1.807) is 6.20 Å². The third kappa shape index (κ3) is 2.44. The average Bonchev–Trinajstić information content (AvgIpc) is 2.33. The minimum Gasteiger partial charge on any atom is -0.369 e. The quantitative estimate of drug-likeness (QED) is 0.806. The van der Waals surface area contributed by atoms with E-state index < -0.39 is 5.82 Å². The first-order valence-corrected chi connectivity index (χ1v) is 5.81. The molecule has 2 rings (SSSR count). The Hall–Kier alpha value is -0.870. The van der Waals surface area contributed by atoms with Gasteiger partial charge in [0.25, 0.3) is 0 Å². The van der Waals surface area contributed by atoms with Gasteiger partial charge in [-0.1, -0.05) is 11.6 Å².